The van der Waals surface area contributed by atoms with Gasteiger partial charge in [0.25, 0.3) is 0 Å². The molecule has 3 rings (SSSR count). The number of carbonyl (C=O) groups excluding carboxylic acids is 1. The van der Waals surface area contributed by atoms with Gasteiger partial charge in [-0.1, -0.05) is 56.7 Å². The minimum atomic E-state index is -0.817. The molecule has 4 heteroatoms. The molecule has 1 saturated heterocycles. The van der Waals surface area contributed by atoms with E-state index < -0.39 is 11.7 Å². The summed E-state index contributed by atoms with van der Waals surface area (Å²) in [5.74, 6) is 0.218. The lowest BCUT2D eigenvalue weighted by Gasteiger charge is -2.35. The second-order valence-corrected chi connectivity index (χ2v) is 7.39. The van der Waals surface area contributed by atoms with Gasteiger partial charge >= 0.3 is 5.97 Å². The van der Waals surface area contributed by atoms with Crippen molar-refractivity contribution in [1.82, 2.24) is 0 Å². The maximum atomic E-state index is 12.6. The van der Waals surface area contributed by atoms with Gasteiger partial charge in [-0.3, -0.25) is 4.79 Å². The van der Waals surface area contributed by atoms with E-state index in [9.17, 15) is 4.79 Å². The van der Waals surface area contributed by atoms with Crippen molar-refractivity contribution in [2.75, 3.05) is 13.2 Å². The molecule has 0 bridgehead atoms. The van der Waals surface area contributed by atoms with Crippen LogP contribution in [0.4, 0.5) is 0 Å². The molecule has 0 unspecified atom stereocenters. The zero-order valence-corrected chi connectivity index (χ0v) is 16.4. The molecule has 0 atom stereocenters. The normalized spacial score (nSPS) is 22.4. The highest BCUT2D eigenvalue weighted by molar-refractivity contribution is 5.79. The fourth-order valence-electron chi connectivity index (χ4n) is 3.07. The molecule has 0 amide bonds. The summed E-state index contributed by atoms with van der Waals surface area (Å²) >= 11 is 0. The molecular formula is C23H28O4. The molecule has 1 fully saturated rings. The van der Waals surface area contributed by atoms with Crippen molar-refractivity contribution in [1.29, 1.82) is 0 Å². The largest absolute Gasteiger partial charge is 0.426 e. The van der Waals surface area contributed by atoms with Gasteiger partial charge in [-0.25, -0.2) is 0 Å². The average Bonchev–Trinajstić information content (AvgIpc) is 2.70. The van der Waals surface area contributed by atoms with Crippen molar-refractivity contribution < 1.29 is 19.0 Å². The number of hydrogen-bond donors (Lipinski definition) is 0. The van der Waals surface area contributed by atoms with E-state index in [2.05, 4.69) is 26.0 Å². The zero-order chi connectivity index (χ0) is 19.3. The molecule has 0 aliphatic carbocycles. The number of esters is 1. The summed E-state index contributed by atoms with van der Waals surface area (Å²) in [6.45, 7) is 6.60. The Balaban J connectivity index is 1.58. The molecular weight excluding hydrogens is 340 g/mol. The first-order chi connectivity index (χ1) is 13.0. The van der Waals surface area contributed by atoms with E-state index in [0.717, 1.165) is 24.8 Å². The van der Waals surface area contributed by atoms with Crippen molar-refractivity contribution in [2.24, 2.45) is 5.41 Å². The Morgan fingerprint density at radius 2 is 1.59 bits per heavy atom. The maximum Gasteiger partial charge on any atom is 0.321 e. The van der Waals surface area contributed by atoms with Gasteiger partial charge < -0.3 is 14.2 Å². The Morgan fingerprint density at radius 3 is 2.15 bits per heavy atom. The molecule has 4 nitrogen and oxygen atoms in total. The van der Waals surface area contributed by atoms with Gasteiger partial charge in [-0.2, -0.15) is 0 Å². The Morgan fingerprint density at radius 1 is 1.00 bits per heavy atom. The molecule has 1 aliphatic heterocycles. The Labute approximate surface area is 161 Å². The highest BCUT2D eigenvalue weighted by Crippen LogP contribution is 2.33. The van der Waals surface area contributed by atoms with Crippen molar-refractivity contribution in [3.8, 4) is 5.75 Å². The van der Waals surface area contributed by atoms with E-state index in [1.54, 1.807) is 0 Å². The molecule has 1 heterocycles. The smallest absolute Gasteiger partial charge is 0.321 e. The number of aryl methyl sites for hydroxylation is 2. The van der Waals surface area contributed by atoms with Crippen LogP contribution in [0.25, 0.3) is 0 Å². The topological polar surface area (TPSA) is 44.8 Å². The molecule has 0 N–H and O–H groups in total. The lowest BCUT2D eigenvalue weighted by atomic mass is 9.92. The minimum Gasteiger partial charge on any atom is -0.426 e. The number of benzene rings is 2. The summed E-state index contributed by atoms with van der Waals surface area (Å²) in [4.78, 5) is 12.6. The molecule has 0 radical (unpaired) electrons. The van der Waals surface area contributed by atoms with Crippen molar-refractivity contribution in [3.63, 3.8) is 0 Å². The molecule has 1 aliphatic rings. The SMILES string of the molecule is CCCc1ccc([C@H]2OC[C@@](C)(C(=O)Oc3ccc(CC)cc3)CO2)cc1. The molecule has 0 aromatic heterocycles. The first kappa shape index (κ1) is 19.6. The molecule has 27 heavy (non-hydrogen) atoms. The van der Waals surface area contributed by atoms with E-state index in [0.29, 0.717) is 5.75 Å². The molecule has 0 saturated carbocycles. The third kappa shape index (κ3) is 4.76. The van der Waals surface area contributed by atoms with Gasteiger partial charge in [0, 0.05) is 5.56 Å². The van der Waals surface area contributed by atoms with Crippen LogP contribution in [0, 0.1) is 5.41 Å². The Hall–Kier alpha value is -2.17. The Kier molecular flexibility index (Phi) is 6.30. The number of rotatable bonds is 6. The average molecular weight is 368 g/mol. The van der Waals surface area contributed by atoms with Crippen LogP contribution >= 0.6 is 0 Å². The summed E-state index contributed by atoms with van der Waals surface area (Å²) in [6, 6.07) is 15.9. The molecule has 2 aromatic rings. The van der Waals surface area contributed by atoms with Crippen LogP contribution in [0.2, 0.25) is 0 Å². The highest BCUT2D eigenvalue weighted by atomic mass is 16.7. The van der Waals surface area contributed by atoms with Gasteiger partial charge in [0.15, 0.2) is 6.29 Å². The monoisotopic (exact) mass is 368 g/mol. The summed E-state index contributed by atoms with van der Waals surface area (Å²) in [5.41, 5.74) is 2.67. The lowest BCUT2D eigenvalue weighted by molar-refractivity contribution is -0.233. The summed E-state index contributed by atoms with van der Waals surface area (Å²) in [5, 5.41) is 0. The number of carbonyl (C=O) groups is 1. The third-order valence-corrected chi connectivity index (χ3v) is 4.93. The van der Waals surface area contributed by atoms with Crippen LogP contribution in [0.15, 0.2) is 48.5 Å². The first-order valence-corrected chi connectivity index (χ1v) is 9.67. The quantitative estimate of drug-likeness (QED) is 0.540. The van der Waals surface area contributed by atoms with E-state index in [1.165, 1.54) is 11.1 Å². The van der Waals surface area contributed by atoms with E-state index in [1.807, 2.05) is 43.3 Å². The summed E-state index contributed by atoms with van der Waals surface area (Å²) in [7, 11) is 0. The van der Waals surface area contributed by atoms with Gasteiger partial charge in [0.05, 0.1) is 13.2 Å². The lowest BCUT2D eigenvalue weighted by Crippen LogP contribution is -2.44. The van der Waals surface area contributed by atoms with Crippen molar-refractivity contribution >= 4 is 5.97 Å². The predicted molar refractivity (Wildman–Crippen MR) is 105 cm³/mol. The fraction of sp³-hybridized carbons (Fsp3) is 0.435. The van der Waals surface area contributed by atoms with Crippen LogP contribution in [-0.4, -0.2) is 19.2 Å². The zero-order valence-electron chi connectivity index (χ0n) is 16.4. The summed E-state index contributed by atoms with van der Waals surface area (Å²) < 4.78 is 17.2. The fourth-order valence-corrected chi connectivity index (χ4v) is 3.07. The number of ether oxygens (including phenoxy) is 3. The standard InChI is InChI=1S/C23H28O4/c1-4-6-18-7-11-19(12-8-18)21-25-15-23(3,16-26-21)22(24)27-20-13-9-17(5-2)10-14-20/h7-14,21H,4-6,15-16H2,1-3H3/t21-,23+. The predicted octanol–water partition coefficient (Wildman–Crippen LogP) is 4.86. The van der Waals surface area contributed by atoms with Crippen LogP contribution < -0.4 is 4.74 Å². The van der Waals surface area contributed by atoms with Crippen LogP contribution in [0.3, 0.4) is 0 Å². The van der Waals surface area contributed by atoms with E-state index >= 15 is 0 Å². The maximum absolute atomic E-state index is 12.6. The second-order valence-electron chi connectivity index (χ2n) is 7.39. The van der Waals surface area contributed by atoms with Gasteiger partial charge in [0.2, 0.25) is 0 Å². The van der Waals surface area contributed by atoms with Crippen LogP contribution in [0.1, 0.15) is 50.2 Å². The Bertz CT molecular complexity index is 741. The van der Waals surface area contributed by atoms with Gasteiger partial charge in [0.1, 0.15) is 11.2 Å². The molecule has 144 valence electrons. The van der Waals surface area contributed by atoms with E-state index in [-0.39, 0.29) is 19.2 Å². The number of hydrogen-bond acceptors (Lipinski definition) is 4. The van der Waals surface area contributed by atoms with Gasteiger partial charge in [-0.05, 0) is 43.0 Å². The van der Waals surface area contributed by atoms with Gasteiger partial charge in [-0.15, -0.1) is 0 Å². The van der Waals surface area contributed by atoms with E-state index in [4.69, 9.17) is 14.2 Å². The first-order valence-electron chi connectivity index (χ1n) is 9.67. The molecule has 0 spiro atoms. The summed E-state index contributed by atoms with van der Waals surface area (Å²) in [6.07, 6.45) is 2.70. The van der Waals surface area contributed by atoms with Crippen LogP contribution in [-0.2, 0) is 27.1 Å². The minimum absolute atomic E-state index is 0.264. The third-order valence-electron chi connectivity index (χ3n) is 4.93. The second kappa shape index (κ2) is 8.68. The highest BCUT2D eigenvalue weighted by Gasteiger charge is 2.41. The van der Waals surface area contributed by atoms with Crippen LogP contribution in [0.5, 0.6) is 5.75 Å². The molecule has 2 aromatic carbocycles. The van der Waals surface area contributed by atoms with Crippen molar-refractivity contribution in [3.05, 3.63) is 65.2 Å². The van der Waals surface area contributed by atoms with Crippen molar-refractivity contribution in [2.45, 2.75) is 46.3 Å².